The van der Waals surface area contributed by atoms with Gasteiger partial charge in [-0.2, -0.15) is 9.78 Å². The highest BCUT2D eigenvalue weighted by atomic mass is 32.1. The maximum Gasteiger partial charge on any atom is 0.293 e. The van der Waals surface area contributed by atoms with E-state index in [-0.39, 0.29) is 23.2 Å². The SMILES string of the molecule is Cc1ccsc1/C=N/NC(=O)c1nnn(-c2nonc2N)c1C(C)C. The van der Waals surface area contributed by atoms with Gasteiger partial charge in [0.05, 0.1) is 11.9 Å². The molecule has 0 atom stereocenters. The van der Waals surface area contributed by atoms with Crippen LogP contribution in [0.15, 0.2) is 21.2 Å². The Morgan fingerprint density at radius 1 is 1.48 bits per heavy atom. The van der Waals surface area contributed by atoms with Crippen LogP contribution in [0, 0.1) is 6.92 Å². The molecule has 3 N–H and O–H groups in total. The quantitative estimate of drug-likeness (QED) is 0.519. The van der Waals surface area contributed by atoms with Crippen LogP contribution in [0.4, 0.5) is 5.82 Å². The van der Waals surface area contributed by atoms with Gasteiger partial charge in [-0.15, -0.1) is 16.4 Å². The lowest BCUT2D eigenvalue weighted by Gasteiger charge is -2.08. The van der Waals surface area contributed by atoms with Crippen LogP contribution in [0.25, 0.3) is 5.82 Å². The molecule has 0 aliphatic carbocycles. The number of hydrogen-bond donors (Lipinski definition) is 2. The van der Waals surface area contributed by atoms with Gasteiger partial charge in [0.25, 0.3) is 5.91 Å². The van der Waals surface area contributed by atoms with E-state index in [4.69, 9.17) is 5.73 Å². The van der Waals surface area contributed by atoms with E-state index >= 15 is 0 Å². The molecule has 0 fully saturated rings. The molecule has 0 aliphatic rings. The molecule has 0 spiro atoms. The van der Waals surface area contributed by atoms with Gasteiger partial charge in [0.1, 0.15) is 0 Å². The summed E-state index contributed by atoms with van der Waals surface area (Å²) < 4.78 is 5.93. The molecule has 10 nitrogen and oxygen atoms in total. The second-order valence-electron chi connectivity index (χ2n) is 5.53. The van der Waals surface area contributed by atoms with Crippen LogP contribution in [-0.2, 0) is 0 Å². The average Bonchev–Trinajstić information content (AvgIpc) is 3.27. The van der Waals surface area contributed by atoms with E-state index in [0.717, 1.165) is 10.4 Å². The Morgan fingerprint density at radius 2 is 2.28 bits per heavy atom. The molecular weight excluding hydrogens is 344 g/mol. The lowest BCUT2D eigenvalue weighted by molar-refractivity contribution is 0.0948. The molecular formula is C14H16N8O2S. The van der Waals surface area contributed by atoms with Crippen molar-refractivity contribution in [2.45, 2.75) is 26.7 Å². The van der Waals surface area contributed by atoms with Crippen molar-refractivity contribution in [3.8, 4) is 5.82 Å². The first-order valence-corrected chi connectivity index (χ1v) is 8.28. The number of hydrazone groups is 1. The minimum atomic E-state index is -0.476. The Kier molecular flexibility index (Phi) is 4.57. The lowest BCUT2D eigenvalue weighted by Crippen LogP contribution is -2.20. The molecule has 0 bridgehead atoms. The summed E-state index contributed by atoms with van der Waals surface area (Å²) in [6.07, 6.45) is 1.59. The highest BCUT2D eigenvalue weighted by Gasteiger charge is 2.25. The third kappa shape index (κ3) is 3.26. The number of nitrogens with two attached hydrogens (primary N) is 1. The molecule has 130 valence electrons. The van der Waals surface area contributed by atoms with Crippen LogP contribution in [-0.4, -0.2) is 37.4 Å². The first kappa shape index (κ1) is 16.8. The molecule has 1 amide bonds. The van der Waals surface area contributed by atoms with Gasteiger partial charge in [0, 0.05) is 4.88 Å². The molecule has 0 saturated carbocycles. The fourth-order valence-electron chi connectivity index (χ4n) is 2.18. The number of amides is 1. The molecule has 3 aromatic rings. The summed E-state index contributed by atoms with van der Waals surface area (Å²) in [6.45, 7) is 5.76. The summed E-state index contributed by atoms with van der Waals surface area (Å²) >= 11 is 1.54. The van der Waals surface area contributed by atoms with E-state index in [1.54, 1.807) is 6.21 Å². The second-order valence-corrected chi connectivity index (χ2v) is 6.48. The van der Waals surface area contributed by atoms with Crippen molar-refractivity contribution >= 4 is 29.3 Å². The molecule has 0 saturated heterocycles. The van der Waals surface area contributed by atoms with Crippen molar-refractivity contribution in [3.63, 3.8) is 0 Å². The van der Waals surface area contributed by atoms with E-state index in [2.05, 4.69) is 35.8 Å². The Morgan fingerprint density at radius 3 is 2.88 bits per heavy atom. The van der Waals surface area contributed by atoms with Gasteiger partial charge >= 0.3 is 0 Å². The van der Waals surface area contributed by atoms with Crippen molar-refractivity contribution in [3.05, 3.63) is 33.3 Å². The van der Waals surface area contributed by atoms with Crippen LogP contribution < -0.4 is 11.2 Å². The van der Waals surface area contributed by atoms with Crippen LogP contribution in [0.5, 0.6) is 0 Å². The topological polar surface area (TPSA) is 137 Å². The summed E-state index contributed by atoms with van der Waals surface area (Å²) in [6, 6.07) is 1.98. The summed E-state index contributed by atoms with van der Waals surface area (Å²) in [5, 5.41) is 21.0. The van der Waals surface area contributed by atoms with Crippen molar-refractivity contribution in [2.24, 2.45) is 5.10 Å². The number of thiophene rings is 1. The number of carbonyl (C=O) groups excluding carboxylic acids is 1. The molecule has 0 radical (unpaired) electrons. The van der Waals surface area contributed by atoms with Gasteiger partial charge in [-0.25, -0.2) is 10.1 Å². The molecule has 3 aromatic heterocycles. The smallest absolute Gasteiger partial charge is 0.293 e. The predicted molar refractivity (Wildman–Crippen MR) is 91.8 cm³/mol. The summed E-state index contributed by atoms with van der Waals surface area (Å²) in [7, 11) is 0. The average molecular weight is 360 g/mol. The highest BCUT2D eigenvalue weighted by molar-refractivity contribution is 7.11. The first-order valence-electron chi connectivity index (χ1n) is 7.40. The number of aromatic nitrogens is 5. The highest BCUT2D eigenvalue weighted by Crippen LogP contribution is 2.22. The van der Waals surface area contributed by atoms with Gasteiger partial charge in [-0.3, -0.25) is 4.79 Å². The third-order valence-electron chi connectivity index (χ3n) is 3.41. The van der Waals surface area contributed by atoms with E-state index < -0.39 is 5.91 Å². The van der Waals surface area contributed by atoms with Crippen LogP contribution in [0.3, 0.4) is 0 Å². The molecule has 3 rings (SSSR count). The molecule has 0 unspecified atom stereocenters. The minimum absolute atomic E-state index is 0.0601. The van der Waals surface area contributed by atoms with E-state index in [9.17, 15) is 4.79 Å². The first-order chi connectivity index (χ1) is 12.0. The van der Waals surface area contributed by atoms with Crippen LogP contribution in [0.1, 0.15) is 46.4 Å². The van der Waals surface area contributed by atoms with Gasteiger partial charge in [0.2, 0.25) is 11.6 Å². The van der Waals surface area contributed by atoms with Gasteiger partial charge in [-0.1, -0.05) is 19.1 Å². The van der Waals surface area contributed by atoms with Gasteiger partial charge < -0.3 is 5.73 Å². The number of hydrogen-bond acceptors (Lipinski definition) is 9. The fraction of sp³-hybridized carbons (Fsp3) is 0.286. The molecule has 3 heterocycles. The Balaban J connectivity index is 1.86. The Labute approximate surface area is 146 Å². The van der Waals surface area contributed by atoms with Crippen molar-refractivity contribution in [2.75, 3.05) is 5.73 Å². The zero-order chi connectivity index (χ0) is 18.0. The largest absolute Gasteiger partial charge is 0.378 e. The molecule has 0 aromatic carbocycles. The second kappa shape index (κ2) is 6.81. The number of nitrogens with zero attached hydrogens (tertiary/aromatic N) is 6. The molecule has 0 aliphatic heterocycles. The number of aryl methyl sites for hydroxylation is 1. The zero-order valence-corrected chi connectivity index (χ0v) is 14.6. The monoisotopic (exact) mass is 360 g/mol. The lowest BCUT2D eigenvalue weighted by atomic mass is 10.1. The molecule has 25 heavy (non-hydrogen) atoms. The number of nitrogen functional groups attached to an aromatic ring is 1. The minimum Gasteiger partial charge on any atom is -0.378 e. The number of carbonyl (C=O) groups is 1. The summed E-state index contributed by atoms with van der Waals surface area (Å²) in [5.74, 6) is -0.302. The summed E-state index contributed by atoms with van der Waals surface area (Å²) in [5.41, 5.74) is 9.92. The predicted octanol–water partition coefficient (Wildman–Crippen LogP) is 1.49. The fourth-order valence-corrected chi connectivity index (χ4v) is 2.97. The van der Waals surface area contributed by atoms with E-state index in [1.807, 2.05) is 32.2 Å². The number of nitrogens with one attached hydrogen (secondary N) is 1. The maximum atomic E-state index is 12.4. The Bertz CT molecular complexity index is 923. The number of rotatable bonds is 5. The van der Waals surface area contributed by atoms with Crippen LogP contribution >= 0.6 is 11.3 Å². The normalized spacial score (nSPS) is 11.5. The van der Waals surface area contributed by atoms with Crippen molar-refractivity contribution in [1.82, 2.24) is 30.7 Å². The van der Waals surface area contributed by atoms with Gasteiger partial charge in [-0.05, 0) is 40.2 Å². The standard InChI is InChI=1S/C14H16N8O2S/c1-7(2)11-10(17-21-22(11)13-12(15)19-24-20-13)14(23)18-16-6-9-8(3)4-5-25-9/h4-7H,1-3H3,(H2,15,19)(H,18,23)/b16-6+. The molecule has 11 heteroatoms. The number of anilines is 1. The third-order valence-corrected chi connectivity index (χ3v) is 4.37. The maximum absolute atomic E-state index is 12.4. The van der Waals surface area contributed by atoms with Crippen LogP contribution in [0.2, 0.25) is 0 Å². The van der Waals surface area contributed by atoms with E-state index in [1.165, 1.54) is 16.0 Å². The van der Waals surface area contributed by atoms with E-state index in [0.29, 0.717) is 5.69 Å². The summed E-state index contributed by atoms with van der Waals surface area (Å²) in [4.78, 5) is 13.4. The van der Waals surface area contributed by atoms with Crippen molar-refractivity contribution < 1.29 is 9.42 Å². The Hall–Kier alpha value is -3.08. The van der Waals surface area contributed by atoms with Gasteiger partial charge in [0.15, 0.2) is 5.69 Å². The van der Waals surface area contributed by atoms with Crippen molar-refractivity contribution in [1.29, 1.82) is 0 Å². The zero-order valence-electron chi connectivity index (χ0n) is 13.8.